The molecular formula is C17H19N3O5. The highest BCUT2D eigenvalue weighted by atomic mass is 16.6. The predicted molar refractivity (Wildman–Crippen MR) is 91.0 cm³/mol. The molecule has 0 aliphatic carbocycles. The number of carbonyl (C=O) groups excluding carboxylic acids is 1. The molecule has 1 atom stereocenters. The van der Waals surface area contributed by atoms with E-state index >= 15 is 0 Å². The molecule has 1 unspecified atom stereocenters. The smallest absolute Gasteiger partial charge is 0.433 e. The number of ether oxygens (including phenoxy) is 1. The third kappa shape index (κ3) is 3.90. The van der Waals surface area contributed by atoms with Crippen molar-refractivity contribution in [2.75, 3.05) is 31.6 Å². The molecule has 1 aliphatic rings. The van der Waals surface area contributed by atoms with E-state index in [4.69, 9.17) is 9.15 Å². The van der Waals surface area contributed by atoms with Crippen molar-refractivity contribution in [2.24, 2.45) is 5.92 Å². The quantitative estimate of drug-likeness (QED) is 0.638. The van der Waals surface area contributed by atoms with E-state index in [9.17, 15) is 14.9 Å². The van der Waals surface area contributed by atoms with Gasteiger partial charge < -0.3 is 19.4 Å². The number of hydrogen-bond donors (Lipinski definition) is 1. The molecule has 1 fully saturated rings. The van der Waals surface area contributed by atoms with Crippen molar-refractivity contribution < 1.29 is 18.9 Å². The van der Waals surface area contributed by atoms with Gasteiger partial charge in [0, 0.05) is 31.4 Å². The molecule has 0 bridgehead atoms. The summed E-state index contributed by atoms with van der Waals surface area (Å²) in [5, 5.41) is 13.4. The van der Waals surface area contributed by atoms with E-state index in [0.717, 1.165) is 30.9 Å². The van der Waals surface area contributed by atoms with Crippen LogP contribution in [-0.4, -0.2) is 37.6 Å². The molecule has 8 heteroatoms. The number of nitro groups is 1. The monoisotopic (exact) mass is 345 g/mol. The summed E-state index contributed by atoms with van der Waals surface area (Å²) in [6.07, 6.45) is 0.954. The van der Waals surface area contributed by atoms with Gasteiger partial charge in [0.15, 0.2) is 5.76 Å². The van der Waals surface area contributed by atoms with E-state index in [1.54, 1.807) is 7.11 Å². The van der Waals surface area contributed by atoms with Crippen LogP contribution in [0.4, 0.5) is 11.6 Å². The van der Waals surface area contributed by atoms with Gasteiger partial charge >= 0.3 is 5.88 Å². The van der Waals surface area contributed by atoms with Crippen molar-refractivity contribution in [1.29, 1.82) is 0 Å². The molecule has 1 amide bonds. The van der Waals surface area contributed by atoms with Crippen molar-refractivity contribution in [2.45, 2.75) is 6.42 Å². The Morgan fingerprint density at radius 3 is 3.00 bits per heavy atom. The molecule has 0 spiro atoms. The topological polar surface area (TPSA) is 97.8 Å². The molecule has 1 aromatic carbocycles. The van der Waals surface area contributed by atoms with Gasteiger partial charge in [-0.15, -0.1) is 0 Å². The molecular weight excluding hydrogens is 326 g/mol. The number of furan rings is 1. The lowest BCUT2D eigenvalue weighted by atomic mass is 10.1. The highest BCUT2D eigenvalue weighted by Crippen LogP contribution is 2.26. The summed E-state index contributed by atoms with van der Waals surface area (Å²) in [5.74, 6) is 0.200. The molecule has 1 aromatic heterocycles. The van der Waals surface area contributed by atoms with E-state index in [1.807, 2.05) is 24.3 Å². The van der Waals surface area contributed by atoms with Crippen LogP contribution in [-0.2, 0) is 0 Å². The zero-order chi connectivity index (χ0) is 17.8. The van der Waals surface area contributed by atoms with Crippen molar-refractivity contribution in [3.8, 4) is 5.75 Å². The molecule has 1 aliphatic heterocycles. The number of hydrogen-bond acceptors (Lipinski definition) is 6. The zero-order valence-electron chi connectivity index (χ0n) is 13.8. The highest BCUT2D eigenvalue weighted by molar-refractivity contribution is 5.91. The van der Waals surface area contributed by atoms with Crippen LogP contribution in [0.5, 0.6) is 5.75 Å². The number of amides is 1. The predicted octanol–water partition coefficient (Wildman–Crippen LogP) is 2.45. The molecule has 1 N–H and O–H groups in total. The maximum Gasteiger partial charge on any atom is 0.433 e. The van der Waals surface area contributed by atoms with Crippen LogP contribution in [0.25, 0.3) is 0 Å². The second kappa shape index (κ2) is 7.25. The van der Waals surface area contributed by atoms with Crippen LogP contribution in [0, 0.1) is 16.0 Å². The van der Waals surface area contributed by atoms with Crippen LogP contribution in [0.3, 0.4) is 0 Å². The normalized spacial score (nSPS) is 16.7. The first-order valence-corrected chi connectivity index (χ1v) is 7.98. The summed E-state index contributed by atoms with van der Waals surface area (Å²) >= 11 is 0. The number of benzene rings is 1. The van der Waals surface area contributed by atoms with E-state index < -0.39 is 16.7 Å². The molecule has 25 heavy (non-hydrogen) atoms. The van der Waals surface area contributed by atoms with Gasteiger partial charge in [0.2, 0.25) is 0 Å². The lowest BCUT2D eigenvalue weighted by Crippen LogP contribution is -2.30. The molecule has 0 radical (unpaired) electrons. The second-order valence-electron chi connectivity index (χ2n) is 5.91. The second-order valence-corrected chi connectivity index (χ2v) is 5.91. The SMILES string of the molecule is COc1cccc(N2CCC(CNC(=O)c3ccc([N+](=O)[O-])o3)C2)c1. The standard InChI is InChI=1S/C17H19N3O5/c1-24-14-4-2-3-13(9-14)19-8-7-12(11-19)10-18-17(21)15-5-6-16(25-15)20(22)23/h2-6,9,12H,7-8,10-11H2,1H3,(H,18,21). The van der Waals surface area contributed by atoms with Gasteiger partial charge in [-0.05, 0) is 30.5 Å². The lowest BCUT2D eigenvalue weighted by molar-refractivity contribution is -0.402. The Balaban J connectivity index is 1.52. The highest BCUT2D eigenvalue weighted by Gasteiger charge is 2.24. The molecule has 132 valence electrons. The minimum atomic E-state index is -0.667. The Morgan fingerprint density at radius 1 is 1.44 bits per heavy atom. The third-order valence-electron chi connectivity index (χ3n) is 4.25. The van der Waals surface area contributed by atoms with E-state index in [2.05, 4.69) is 10.2 Å². The van der Waals surface area contributed by atoms with E-state index in [0.29, 0.717) is 12.5 Å². The fraction of sp³-hybridized carbons (Fsp3) is 0.353. The largest absolute Gasteiger partial charge is 0.497 e. The molecule has 2 heterocycles. The number of methoxy groups -OCH3 is 1. The lowest BCUT2D eigenvalue weighted by Gasteiger charge is -2.19. The number of rotatable bonds is 6. The van der Waals surface area contributed by atoms with Crippen molar-refractivity contribution in [1.82, 2.24) is 5.32 Å². The van der Waals surface area contributed by atoms with Gasteiger partial charge in [-0.2, -0.15) is 0 Å². The molecule has 8 nitrogen and oxygen atoms in total. The Kier molecular flexibility index (Phi) is 4.87. The maximum absolute atomic E-state index is 12.0. The van der Waals surface area contributed by atoms with Crippen LogP contribution >= 0.6 is 0 Å². The Labute approximate surface area is 144 Å². The van der Waals surface area contributed by atoms with Gasteiger partial charge in [-0.1, -0.05) is 6.07 Å². The molecule has 1 saturated heterocycles. The maximum atomic E-state index is 12.0. The summed E-state index contributed by atoms with van der Waals surface area (Å²) in [4.78, 5) is 24.2. The van der Waals surface area contributed by atoms with Crippen molar-refractivity contribution in [3.63, 3.8) is 0 Å². The summed E-state index contributed by atoms with van der Waals surface area (Å²) in [6, 6.07) is 10.4. The minimum Gasteiger partial charge on any atom is -0.497 e. The first-order chi connectivity index (χ1) is 12.1. The van der Waals surface area contributed by atoms with Crippen molar-refractivity contribution >= 4 is 17.5 Å². The van der Waals surface area contributed by atoms with Crippen molar-refractivity contribution in [3.05, 3.63) is 52.3 Å². The average Bonchev–Trinajstić information content (AvgIpc) is 3.29. The number of nitrogens with zero attached hydrogens (tertiary/aromatic N) is 2. The van der Waals surface area contributed by atoms with Crippen LogP contribution in [0.1, 0.15) is 17.0 Å². The summed E-state index contributed by atoms with van der Waals surface area (Å²) in [6.45, 7) is 2.22. The number of anilines is 1. The van der Waals surface area contributed by atoms with E-state index in [1.165, 1.54) is 12.1 Å². The van der Waals surface area contributed by atoms with Gasteiger partial charge in [-0.25, -0.2) is 0 Å². The van der Waals surface area contributed by atoms with Gasteiger partial charge in [0.25, 0.3) is 5.91 Å². The number of nitrogens with one attached hydrogen (secondary N) is 1. The molecule has 0 saturated carbocycles. The van der Waals surface area contributed by atoms with Crippen LogP contribution < -0.4 is 15.0 Å². The Hall–Kier alpha value is -3.03. The zero-order valence-corrected chi connectivity index (χ0v) is 13.8. The average molecular weight is 345 g/mol. The third-order valence-corrected chi connectivity index (χ3v) is 4.25. The summed E-state index contributed by atoms with van der Waals surface area (Å²) in [7, 11) is 1.64. The minimum absolute atomic E-state index is 0.0469. The van der Waals surface area contributed by atoms with Crippen LogP contribution in [0.15, 0.2) is 40.8 Å². The summed E-state index contributed by atoms with van der Waals surface area (Å²) < 4.78 is 10.1. The first kappa shape index (κ1) is 16.8. The van der Waals surface area contributed by atoms with Gasteiger partial charge in [0.05, 0.1) is 13.2 Å². The summed E-state index contributed by atoms with van der Waals surface area (Å²) in [5.41, 5.74) is 1.09. The Bertz CT molecular complexity index is 773. The first-order valence-electron chi connectivity index (χ1n) is 7.98. The number of carbonyl (C=O) groups is 1. The fourth-order valence-corrected chi connectivity index (χ4v) is 2.91. The molecule has 3 rings (SSSR count). The Morgan fingerprint density at radius 2 is 2.28 bits per heavy atom. The van der Waals surface area contributed by atoms with Crippen LogP contribution in [0.2, 0.25) is 0 Å². The van der Waals surface area contributed by atoms with E-state index in [-0.39, 0.29) is 5.76 Å². The van der Waals surface area contributed by atoms with Gasteiger partial charge in [0.1, 0.15) is 10.7 Å². The molecule has 2 aromatic rings. The fourth-order valence-electron chi connectivity index (χ4n) is 2.91. The van der Waals surface area contributed by atoms with Gasteiger partial charge in [-0.3, -0.25) is 14.9 Å².